The van der Waals surface area contributed by atoms with E-state index in [1.165, 1.54) is 15.9 Å². The minimum Gasteiger partial charge on any atom is -0.496 e. The van der Waals surface area contributed by atoms with Crippen molar-refractivity contribution < 1.29 is 9.13 Å². The van der Waals surface area contributed by atoms with Gasteiger partial charge in [-0.25, -0.2) is 9.37 Å². The first-order valence-electron chi connectivity index (χ1n) is 8.92. The Balaban J connectivity index is 1.96. The standard InChI is InChI=1S/C22H19FN2O2S/c1-14-12-16(8-9-18(14)27-2)17-13-28-21-19(17)22(26)25(11-10-23)20(24-21)15-6-4-3-5-7-15/h3-9,12-13H,10-11H2,1-2H3. The highest BCUT2D eigenvalue weighted by Gasteiger charge is 2.18. The molecule has 4 aromatic rings. The highest BCUT2D eigenvalue weighted by atomic mass is 32.1. The number of hydrogen-bond acceptors (Lipinski definition) is 4. The highest BCUT2D eigenvalue weighted by molar-refractivity contribution is 7.17. The number of ether oxygens (including phenoxy) is 1. The van der Waals surface area contributed by atoms with Gasteiger partial charge in [-0.2, -0.15) is 0 Å². The molecule has 0 saturated heterocycles. The van der Waals surface area contributed by atoms with Crippen LogP contribution < -0.4 is 10.3 Å². The maximum absolute atomic E-state index is 13.3. The Kier molecular flexibility index (Phi) is 4.96. The number of rotatable bonds is 5. The van der Waals surface area contributed by atoms with Gasteiger partial charge in [-0.15, -0.1) is 11.3 Å². The van der Waals surface area contributed by atoms with Crippen LogP contribution in [0, 0.1) is 6.92 Å². The smallest absolute Gasteiger partial charge is 0.263 e. The van der Waals surface area contributed by atoms with E-state index in [9.17, 15) is 9.18 Å². The number of aryl methyl sites for hydroxylation is 1. The average Bonchev–Trinajstić information content (AvgIpc) is 3.15. The summed E-state index contributed by atoms with van der Waals surface area (Å²) in [5, 5.41) is 2.47. The van der Waals surface area contributed by atoms with E-state index in [4.69, 9.17) is 9.72 Å². The molecule has 0 saturated carbocycles. The van der Waals surface area contributed by atoms with Gasteiger partial charge in [0.15, 0.2) is 0 Å². The van der Waals surface area contributed by atoms with E-state index in [0.717, 1.165) is 28.0 Å². The first-order chi connectivity index (χ1) is 13.6. The number of thiophene rings is 1. The second-order valence-electron chi connectivity index (χ2n) is 6.46. The summed E-state index contributed by atoms with van der Waals surface area (Å²) in [6.45, 7) is 1.31. The molecule has 0 aliphatic rings. The van der Waals surface area contributed by atoms with E-state index in [0.29, 0.717) is 16.0 Å². The maximum Gasteiger partial charge on any atom is 0.263 e. The Morgan fingerprint density at radius 1 is 1.14 bits per heavy atom. The van der Waals surface area contributed by atoms with Crippen molar-refractivity contribution >= 4 is 21.6 Å². The molecule has 0 fully saturated rings. The van der Waals surface area contributed by atoms with Crippen molar-refractivity contribution in [2.45, 2.75) is 13.5 Å². The van der Waals surface area contributed by atoms with Crippen molar-refractivity contribution in [3.05, 3.63) is 69.8 Å². The lowest BCUT2D eigenvalue weighted by Crippen LogP contribution is -2.24. The topological polar surface area (TPSA) is 44.1 Å². The van der Waals surface area contributed by atoms with E-state index in [-0.39, 0.29) is 12.1 Å². The number of halogens is 1. The van der Waals surface area contributed by atoms with Crippen LogP contribution in [-0.4, -0.2) is 23.3 Å². The van der Waals surface area contributed by atoms with Crippen molar-refractivity contribution in [3.63, 3.8) is 0 Å². The molecule has 4 nitrogen and oxygen atoms in total. The lowest BCUT2D eigenvalue weighted by Gasteiger charge is -2.12. The molecule has 0 N–H and O–H groups in total. The van der Waals surface area contributed by atoms with E-state index in [1.807, 2.05) is 60.8 Å². The summed E-state index contributed by atoms with van der Waals surface area (Å²) in [6.07, 6.45) is 0. The first kappa shape index (κ1) is 18.4. The number of aromatic nitrogens is 2. The van der Waals surface area contributed by atoms with E-state index in [2.05, 4.69) is 0 Å². The van der Waals surface area contributed by atoms with Crippen LogP contribution >= 0.6 is 11.3 Å². The zero-order valence-corrected chi connectivity index (χ0v) is 16.4. The third-order valence-corrected chi connectivity index (χ3v) is 5.61. The fourth-order valence-corrected chi connectivity index (χ4v) is 4.32. The molecule has 28 heavy (non-hydrogen) atoms. The fraction of sp³-hybridized carbons (Fsp3) is 0.182. The SMILES string of the molecule is COc1ccc(-c2csc3nc(-c4ccccc4)n(CCF)c(=O)c23)cc1C. The lowest BCUT2D eigenvalue weighted by molar-refractivity contribution is 0.412. The predicted octanol–water partition coefficient (Wildman–Crippen LogP) is 5.08. The van der Waals surface area contributed by atoms with Gasteiger partial charge in [0.25, 0.3) is 5.56 Å². The molecule has 2 aromatic carbocycles. The number of methoxy groups -OCH3 is 1. The molecular weight excluding hydrogens is 375 g/mol. The quantitative estimate of drug-likeness (QED) is 0.474. The summed E-state index contributed by atoms with van der Waals surface area (Å²) >= 11 is 1.42. The third-order valence-electron chi connectivity index (χ3n) is 4.74. The van der Waals surface area contributed by atoms with E-state index < -0.39 is 6.67 Å². The second-order valence-corrected chi connectivity index (χ2v) is 7.32. The normalized spacial score (nSPS) is 11.1. The zero-order chi connectivity index (χ0) is 19.7. The number of benzene rings is 2. The summed E-state index contributed by atoms with van der Waals surface area (Å²) in [6, 6.07) is 15.2. The summed E-state index contributed by atoms with van der Waals surface area (Å²) in [7, 11) is 1.63. The largest absolute Gasteiger partial charge is 0.496 e. The molecule has 6 heteroatoms. The molecule has 0 radical (unpaired) electrons. The van der Waals surface area contributed by atoms with Gasteiger partial charge in [0, 0.05) is 16.5 Å². The van der Waals surface area contributed by atoms with Crippen molar-refractivity contribution in [1.29, 1.82) is 0 Å². The molecule has 2 aromatic heterocycles. The molecule has 0 spiro atoms. The molecule has 4 rings (SSSR count). The fourth-order valence-electron chi connectivity index (χ4n) is 3.38. The van der Waals surface area contributed by atoms with Gasteiger partial charge in [-0.1, -0.05) is 36.4 Å². The molecule has 142 valence electrons. The summed E-state index contributed by atoms with van der Waals surface area (Å²) in [5.74, 6) is 1.29. The van der Waals surface area contributed by atoms with E-state index >= 15 is 0 Å². The van der Waals surface area contributed by atoms with Crippen molar-refractivity contribution in [2.24, 2.45) is 0 Å². The predicted molar refractivity (Wildman–Crippen MR) is 112 cm³/mol. The number of nitrogens with zero attached hydrogens (tertiary/aromatic N) is 2. The Morgan fingerprint density at radius 3 is 2.61 bits per heavy atom. The molecule has 2 heterocycles. The minimum absolute atomic E-state index is 0.0249. The Hall–Kier alpha value is -2.99. The first-order valence-corrected chi connectivity index (χ1v) is 9.80. The van der Waals surface area contributed by atoms with Crippen LogP contribution in [0.3, 0.4) is 0 Å². The third kappa shape index (κ3) is 3.10. The summed E-state index contributed by atoms with van der Waals surface area (Å²) in [4.78, 5) is 18.7. The Labute approximate surface area is 165 Å². The Bertz CT molecular complexity index is 1200. The number of alkyl halides is 1. The Morgan fingerprint density at radius 2 is 1.93 bits per heavy atom. The van der Waals surface area contributed by atoms with Gasteiger partial charge in [0.2, 0.25) is 0 Å². The molecule has 0 aliphatic carbocycles. The number of hydrogen-bond donors (Lipinski definition) is 0. The molecule has 0 aliphatic heterocycles. The van der Waals surface area contributed by atoms with Crippen molar-refractivity contribution in [1.82, 2.24) is 9.55 Å². The van der Waals surface area contributed by atoms with E-state index in [1.54, 1.807) is 7.11 Å². The summed E-state index contributed by atoms with van der Waals surface area (Å²) < 4.78 is 20.0. The van der Waals surface area contributed by atoms with Crippen molar-refractivity contribution in [3.8, 4) is 28.3 Å². The molecule has 0 bridgehead atoms. The van der Waals surface area contributed by atoms with Gasteiger partial charge >= 0.3 is 0 Å². The van der Waals surface area contributed by atoms with Gasteiger partial charge in [-0.3, -0.25) is 9.36 Å². The second kappa shape index (κ2) is 7.56. The number of fused-ring (bicyclic) bond motifs is 1. The van der Waals surface area contributed by atoms with Crippen LogP contribution in [0.1, 0.15) is 5.56 Å². The van der Waals surface area contributed by atoms with Crippen LogP contribution in [0.5, 0.6) is 5.75 Å². The van der Waals surface area contributed by atoms with Gasteiger partial charge in [-0.05, 0) is 30.2 Å². The van der Waals surface area contributed by atoms with Gasteiger partial charge < -0.3 is 4.74 Å². The van der Waals surface area contributed by atoms with Crippen molar-refractivity contribution in [2.75, 3.05) is 13.8 Å². The molecular formula is C22H19FN2O2S. The summed E-state index contributed by atoms with van der Waals surface area (Å²) in [5.41, 5.74) is 3.30. The zero-order valence-electron chi connectivity index (χ0n) is 15.6. The lowest BCUT2D eigenvalue weighted by atomic mass is 10.0. The minimum atomic E-state index is -0.631. The molecule has 0 unspecified atom stereocenters. The van der Waals surface area contributed by atoms with Crippen LogP contribution in [0.4, 0.5) is 4.39 Å². The van der Waals surface area contributed by atoms with Crippen LogP contribution in [-0.2, 0) is 6.54 Å². The van der Waals surface area contributed by atoms with Gasteiger partial charge in [0.05, 0.1) is 19.0 Å². The van der Waals surface area contributed by atoms with Gasteiger partial charge in [0.1, 0.15) is 23.1 Å². The molecule has 0 atom stereocenters. The maximum atomic E-state index is 13.3. The van der Waals surface area contributed by atoms with Crippen LogP contribution in [0.2, 0.25) is 0 Å². The average molecular weight is 394 g/mol. The van der Waals surface area contributed by atoms with Crippen LogP contribution in [0.25, 0.3) is 32.7 Å². The monoisotopic (exact) mass is 394 g/mol. The highest BCUT2D eigenvalue weighted by Crippen LogP contribution is 2.34. The molecule has 0 amide bonds. The van der Waals surface area contributed by atoms with Crippen LogP contribution in [0.15, 0.2) is 58.7 Å².